The summed E-state index contributed by atoms with van der Waals surface area (Å²) < 4.78 is 0. The molecule has 0 bridgehead atoms. The quantitative estimate of drug-likeness (QED) is 0.158. The molecule has 0 aromatic rings. The number of hydrogen-bond donors (Lipinski definition) is 9. The Morgan fingerprint density at radius 1 is 0.821 bits per heavy atom. The van der Waals surface area contributed by atoms with Crippen LogP contribution in [-0.2, 0) is 19.2 Å². The Balaban J connectivity index is -0.000000114. The summed E-state index contributed by atoms with van der Waals surface area (Å²) in [5, 5.41) is 82.0. The van der Waals surface area contributed by atoms with Gasteiger partial charge in [0, 0.05) is 24.8 Å². The molecule has 0 saturated heterocycles. The normalized spacial score (nSPS) is 12.9. The van der Waals surface area contributed by atoms with Crippen LogP contribution >= 0.6 is 0 Å². The number of aliphatic hydroxyl groups excluding tert-OH is 5. The van der Waals surface area contributed by atoms with Gasteiger partial charge in [-0.15, -0.1) is 0 Å². The first-order valence-corrected chi connectivity index (χ1v) is 6.44. The molecule has 0 spiro atoms. The van der Waals surface area contributed by atoms with E-state index in [1.54, 1.807) is 0 Å². The average molecular weight is 423 g/mol. The molecule has 0 fully saturated rings. The third kappa shape index (κ3) is 13.9. The van der Waals surface area contributed by atoms with Crippen LogP contribution in [0.4, 0.5) is 0 Å². The zero-order valence-corrected chi connectivity index (χ0v) is 15.6. The van der Waals surface area contributed by atoms with Crippen molar-refractivity contribution in [3.8, 4) is 0 Å². The van der Waals surface area contributed by atoms with Crippen molar-refractivity contribution in [1.29, 1.82) is 0 Å². The van der Waals surface area contributed by atoms with Gasteiger partial charge in [-0.3, -0.25) is 4.79 Å². The summed E-state index contributed by atoms with van der Waals surface area (Å²) in [6.45, 7) is -1.69. The van der Waals surface area contributed by atoms with Gasteiger partial charge in [-0.05, 0) is 0 Å². The molecule has 0 radical (unpaired) electrons. The molecule has 0 amide bonds. The number of quaternary nitrogens is 3. The Morgan fingerprint density at radius 3 is 1.39 bits per heavy atom. The minimum Gasteiger partial charge on any atom is -0.550 e. The zero-order chi connectivity index (χ0) is 20.4. The van der Waals surface area contributed by atoms with Gasteiger partial charge < -0.3 is 78.8 Å². The van der Waals surface area contributed by atoms with Crippen LogP contribution in [0.15, 0.2) is 0 Å². The van der Waals surface area contributed by atoms with Crippen LogP contribution in [0, 0.1) is 0 Å². The molecular formula is C12H29N3O13. The average Bonchev–Trinajstić information content (AvgIpc) is 2.50. The minimum atomic E-state index is -2.97. The molecule has 0 aromatic heterocycles. The molecule has 3 atom stereocenters. The van der Waals surface area contributed by atoms with Crippen LogP contribution in [0.5, 0.6) is 0 Å². The molecule has 16 nitrogen and oxygen atoms in total. The van der Waals surface area contributed by atoms with E-state index in [0.29, 0.717) is 0 Å². The van der Waals surface area contributed by atoms with E-state index in [9.17, 15) is 34.5 Å². The van der Waals surface area contributed by atoms with Gasteiger partial charge in [-0.25, -0.2) is 0 Å². The van der Waals surface area contributed by atoms with Crippen molar-refractivity contribution >= 4 is 23.7 Å². The van der Waals surface area contributed by atoms with Gasteiger partial charge in [-0.1, -0.05) is 0 Å². The highest BCUT2D eigenvalue weighted by atomic mass is 16.4. The van der Waals surface area contributed by atoms with Crippen molar-refractivity contribution in [1.82, 2.24) is 18.5 Å². The van der Waals surface area contributed by atoms with Crippen LogP contribution in [0.25, 0.3) is 0 Å². The van der Waals surface area contributed by atoms with Crippen LogP contribution < -0.4 is 33.8 Å². The van der Waals surface area contributed by atoms with Crippen molar-refractivity contribution in [2.24, 2.45) is 0 Å². The van der Waals surface area contributed by atoms with Gasteiger partial charge in [0.1, 0.15) is 30.5 Å². The largest absolute Gasteiger partial charge is 0.550 e. The lowest BCUT2D eigenvalue weighted by atomic mass is 9.96. The maximum Gasteiger partial charge on any atom is 0.189 e. The SMILES string of the molecule is O=C(CO)[C@@H](O)[C@H](O)[C@H](O)CO.O=C([O-])CC(O)(CC(=O)[O-])C(=O)[O-].[NH4+].[NH4+].[NH4+]. The first kappa shape index (κ1) is 36.6. The molecule has 0 heterocycles. The molecule has 18 N–H and O–H groups in total. The van der Waals surface area contributed by atoms with Gasteiger partial charge in [0.15, 0.2) is 5.78 Å². The maximum absolute atomic E-state index is 10.5. The third-order valence-corrected chi connectivity index (χ3v) is 2.64. The fourth-order valence-electron chi connectivity index (χ4n) is 1.29. The van der Waals surface area contributed by atoms with E-state index >= 15 is 0 Å². The van der Waals surface area contributed by atoms with E-state index in [-0.39, 0.29) is 18.5 Å². The second-order valence-corrected chi connectivity index (χ2v) is 4.73. The molecule has 0 aliphatic heterocycles. The molecule has 16 heteroatoms. The topological polar surface area (TPSA) is 368 Å². The summed E-state index contributed by atoms with van der Waals surface area (Å²) in [5.41, 5.74) is -2.97. The predicted octanol–water partition coefficient (Wildman–Crippen LogP) is -7.50. The first-order valence-electron chi connectivity index (χ1n) is 6.44. The Bertz CT molecular complexity index is 471. The lowest BCUT2D eigenvalue weighted by molar-refractivity contribution is -0.339. The summed E-state index contributed by atoms with van der Waals surface area (Å²) in [7, 11) is 0. The predicted molar refractivity (Wildman–Crippen MR) is 84.4 cm³/mol. The van der Waals surface area contributed by atoms with Gasteiger partial charge >= 0.3 is 0 Å². The second-order valence-electron chi connectivity index (χ2n) is 4.73. The number of carbonyl (C=O) groups excluding carboxylic acids is 4. The van der Waals surface area contributed by atoms with Gasteiger partial charge in [0.25, 0.3) is 0 Å². The van der Waals surface area contributed by atoms with Crippen molar-refractivity contribution < 1.29 is 65.1 Å². The molecule has 0 unspecified atom stereocenters. The highest BCUT2D eigenvalue weighted by Crippen LogP contribution is 2.13. The number of carboxylic acid groups (broad SMARTS) is 3. The number of Topliss-reactive ketones (excluding diaryl/α,β-unsaturated/α-hetero) is 1. The Morgan fingerprint density at radius 2 is 1.18 bits per heavy atom. The van der Waals surface area contributed by atoms with Crippen LogP contribution in [0.2, 0.25) is 0 Å². The molecule has 28 heavy (non-hydrogen) atoms. The summed E-state index contributed by atoms with van der Waals surface area (Å²) in [6.07, 6.45) is -7.94. The minimum absolute atomic E-state index is 0. The van der Waals surface area contributed by atoms with Crippen LogP contribution in [-0.4, -0.2) is 91.5 Å². The Kier molecular flexibility index (Phi) is 22.0. The van der Waals surface area contributed by atoms with Crippen molar-refractivity contribution in [3.05, 3.63) is 0 Å². The molecule has 0 aliphatic rings. The number of hydrogen-bond acceptors (Lipinski definition) is 13. The maximum atomic E-state index is 10.5. The summed E-state index contributed by atoms with van der Waals surface area (Å²) in [5.74, 6) is -6.99. The van der Waals surface area contributed by atoms with Gasteiger partial charge in [0.2, 0.25) is 0 Å². The van der Waals surface area contributed by atoms with Crippen molar-refractivity contribution in [2.75, 3.05) is 13.2 Å². The number of carbonyl (C=O) groups is 4. The number of ketones is 1. The van der Waals surface area contributed by atoms with E-state index in [0.717, 1.165) is 0 Å². The third-order valence-electron chi connectivity index (χ3n) is 2.64. The number of aliphatic hydroxyl groups is 6. The molecule has 0 rings (SSSR count). The standard InChI is InChI=1S/C6H8O7.C6H12O6.3H3N/c7-3(8)1-6(13,5(11)12)2-4(9)10;7-1-3(9)5(11)6(12)4(10)2-8;;;/h13H,1-2H2,(H,7,8)(H,9,10)(H,11,12);3,5-9,11-12H,1-2H2;3*1H3/t;3-,5-,6-;;;/m.1.../s1. The lowest BCUT2D eigenvalue weighted by Gasteiger charge is -2.29. The molecule has 0 aliphatic carbocycles. The fraction of sp³-hybridized carbons (Fsp3) is 0.667. The smallest absolute Gasteiger partial charge is 0.189 e. The fourth-order valence-corrected chi connectivity index (χ4v) is 1.29. The Labute approximate surface area is 158 Å². The highest BCUT2D eigenvalue weighted by Gasteiger charge is 2.29. The number of carboxylic acids is 3. The monoisotopic (exact) mass is 423 g/mol. The summed E-state index contributed by atoms with van der Waals surface area (Å²) in [4.78, 5) is 40.5. The van der Waals surface area contributed by atoms with E-state index in [2.05, 4.69) is 0 Å². The van der Waals surface area contributed by atoms with Gasteiger partial charge in [-0.2, -0.15) is 0 Å². The lowest BCUT2D eigenvalue weighted by Crippen LogP contribution is -2.54. The molecule has 0 aromatic carbocycles. The molecule has 0 saturated carbocycles. The number of aliphatic carboxylic acids is 3. The van der Waals surface area contributed by atoms with Crippen LogP contribution in [0.1, 0.15) is 12.8 Å². The van der Waals surface area contributed by atoms with E-state index in [1.807, 2.05) is 0 Å². The van der Waals surface area contributed by atoms with Gasteiger partial charge in [0.05, 0.1) is 12.6 Å². The summed E-state index contributed by atoms with van der Waals surface area (Å²) in [6, 6.07) is 0. The van der Waals surface area contributed by atoms with E-state index < -0.39 is 73.7 Å². The van der Waals surface area contributed by atoms with Crippen molar-refractivity contribution in [2.45, 2.75) is 36.8 Å². The van der Waals surface area contributed by atoms with E-state index in [1.165, 1.54) is 0 Å². The summed E-state index contributed by atoms with van der Waals surface area (Å²) >= 11 is 0. The second kappa shape index (κ2) is 16.9. The molecule has 170 valence electrons. The first-order chi connectivity index (χ1) is 11.3. The van der Waals surface area contributed by atoms with Crippen LogP contribution in [0.3, 0.4) is 0 Å². The highest BCUT2D eigenvalue weighted by molar-refractivity contribution is 5.86. The van der Waals surface area contributed by atoms with Crippen molar-refractivity contribution in [3.63, 3.8) is 0 Å². The molecular weight excluding hydrogens is 394 g/mol. The Hall–Kier alpha value is -2.28. The zero-order valence-electron chi connectivity index (χ0n) is 15.6. The number of rotatable bonds is 10. The van der Waals surface area contributed by atoms with E-state index in [4.69, 9.17) is 30.6 Å².